The van der Waals surface area contributed by atoms with Crippen molar-refractivity contribution in [1.82, 2.24) is 5.32 Å². The van der Waals surface area contributed by atoms with E-state index in [2.05, 4.69) is 5.32 Å². The van der Waals surface area contributed by atoms with Crippen molar-refractivity contribution in [3.8, 4) is 11.5 Å². The van der Waals surface area contributed by atoms with E-state index in [9.17, 15) is 14.7 Å². The molecule has 0 aliphatic rings. The smallest absolute Gasteiger partial charge is 0.307 e. The number of nitrogens with one attached hydrogen (secondary N) is 1. The molecule has 0 aliphatic heterocycles. The van der Waals surface area contributed by atoms with Crippen LogP contribution in [0.25, 0.3) is 0 Å². The molecule has 2 N–H and O–H groups in total. The molecule has 0 saturated carbocycles. The van der Waals surface area contributed by atoms with Gasteiger partial charge in [0.1, 0.15) is 0 Å². The standard InChI is InChI=1S/C21H25NO5/c1-26-18-9-8-16(13-19(18)27-2)10-11-22-20(23)14-17(21(24)25)12-15-6-4-3-5-7-15/h3-9,13,17H,10-12,14H2,1-2H3,(H,22,23)(H,24,25)/t17-/m0/s1. The van der Waals surface area contributed by atoms with Crippen LogP contribution in [0.2, 0.25) is 0 Å². The lowest BCUT2D eigenvalue weighted by molar-refractivity contribution is -0.144. The fraction of sp³-hybridized carbons (Fsp3) is 0.333. The van der Waals surface area contributed by atoms with E-state index >= 15 is 0 Å². The lowest BCUT2D eigenvalue weighted by Crippen LogP contribution is -2.30. The van der Waals surface area contributed by atoms with Gasteiger partial charge in [0.2, 0.25) is 5.91 Å². The molecule has 144 valence electrons. The van der Waals surface area contributed by atoms with Gasteiger partial charge in [0.15, 0.2) is 11.5 Å². The van der Waals surface area contributed by atoms with Gasteiger partial charge in [-0.1, -0.05) is 36.4 Å². The van der Waals surface area contributed by atoms with Crippen molar-refractivity contribution in [3.05, 3.63) is 59.7 Å². The molecule has 0 fully saturated rings. The predicted molar refractivity (Wildman–Crippen MR) is 102 cm³/mol. The number of carbonyl (C=O) groups is 2. The molecule has 0 bridgehead atoms. The summed E-state index contributed by atoms with van der Waals surface area (Å²) >= 11 is 0. The Hall–Kier alpha value is -3.02. The maximum atomic E-state index is 12.1. The third-order valence-corrected chi connectivity index (χ3v) is 4.29. The Bertz CT molecular complexity index is 760. The monoisotopic (exact) mass is 371 g/mol. The SMILES string of the molecule is COc1ccc(CCNC(=O)C[C@H](Cc2ccccc2)C(=O)O)cc1OC. The van der Waals surface area contributed by atoms with Gasteiger partial charge in [-0.15, -0.1) is 0 Å². The summed E-state index contributed by atoms with van der Waals surface area (Å²) in [5.41, 5.74) is 1.90. The van der Waals surface area contributed by atoms with Crippen molar-refractivity contribution in [1.29, 1.82) is 0 Å². The summed E-state index contributed by atoms with van der Waals surface area (Å²) in [6, 6.07) is 14.9. The first kappa shape index (κ1) is 20.3. The first-order chi connectivity index (χ1) is 13.0. The molecule has 0 saturated heterocycles. The highest BCUT2D eigenvalue weighted by atomic mass is 16.5. The van der Waals surface area contributed by atoms with E-state index in [4.69, 9.17) is 9.47 Å². The van der Waals surface area contributed by atoms with Gasteiger partial charge in [-0.3, -0.25) is 9.59 Å². The second-order valence-electron chi connectivity index (χ2n) is 6.22. The van der Waals surface area contributed by atoms with Crippen LogP contribution < -0.4 is 14.8 Å². The quantitative estimate of drug-likeness (QED) is 0.671. The van der Waals surface area contributed by atoms with Crippen LogP contribution in [-0.2, 0) is 22.4 Å². The maximum absolute atomic E-state index is 12.1. The minimum atomic E-state index is -0.964. The van der Waals surface area contributed by atoms with E-state index in [1.165, 1.54) is 0 Å². The van der Waals surface area contributed by atoms with Crippen LogP contribution >= 0.6 is 0 Å². The van der Waals surface area contributed by atoms with Gasteiger partial charge in [0, 0.05) is 13.0 Å². The number of rotatable bonds is 10. The topological polar surface area (TPSA) is 84.9 Å². The molecular formula is C21H25NO5. The van der Waals surface area contributed by atoms with Gasteiger partial charge in [-0.25, -0.2) is 0 Å². The number of amides is 1. The number of carboxylic acids is 1. The number of benzene rings is 2. The first-order valence-electron chi connectivity index (χ1n) is 8.77. The van der Waals surface area contributed by atoms with Gasteiger partial charge in [0.25, 0.3) is 0 Å². The van der Waals surface area contributed by atoms with Crippen LogP contribution in [0.4, 0.5) is 0 Å². The number of hydrogen-bond acceptors (Lipinski definition) is 4. The third-order valence-electron chi connectivity index (χ3n) is 4.29. The zero-order valence-corrected chi connectivity index (χ0v) is 15.6. The third kappa shape index (κ3) is 6.33. The zero-order valence-electron chi connectivity index (χ0n) is 15.6. The van der Waals surface area contributed by atoms with Crippen molar-refractivity contribution in [2.24, 2.45) is 5.92 Å². The molecule has 0 unspecified atom stereocenters. The number of carbonyl (C=O) groups excluding carboxylic acids is 1. The van der Waals surface area contributed by atoms with Crippen molar-refractivity contribution in [2.75, 3.05) is 20.8 Å². The minimum absolute atomic E-state index is 0.0455. The minimum Gasteiger partial charge on any atom is -0.493 e. The van der Waals surface area contributed by atoms with Gasteiger partial charge in [-0.05, 0) is 36.1 Å². The molecule has 1 atom stereocenters. The van der Waals surface area contributed by atoms with Crippen LogP contribution in [0.15, 0.2) is 48.5 Å². The van der Waals surface area contributed by atoms with Crippen LogP contribution in [0.1, 0.15) is 17.5 Å². The zero-order chi connectivity index (χ0) is 19.6. The van der Waals surface area contributed by atoms with Crippen LogP contribution in [0.3, 0.4) is 0 Å². The predicted octanol–water partition coefficient (Wildman–Crippen LogP) is 2.70. The van der Waals surface area contributed by atoms with Crippen molar-refractivity contribution >= 4 is 11.9 Å². The van der Waals surface area contributed by atoms with E-state index in [0.29, 0.717) is 30.9 Å². The second kappa shape index (κ2) is 10.2. The summed E-state index contributed by atoms with van der Waals surface area (Å²) in [6.07, 6.45) is 0.901. The molecule has 2 rings (SSSR count). The van der Waals surface area contributed by atoms with Crippen LogP contribution in [0, 0.1) is 5.92 Å². The molecule has 1 amide bonds. The highest BCUT2D eigenvalue weighted by Gasteiger charge is 2.21. The molecule has 0 spiro atoms. The first-order valence-corrected chi connectivity index (χ1v) is 8.77. The van der Waals surface area contributed by atoms with E-state index in [1.807, 2.05) is 48.5 Å². The summed E-state index contributed by atoms with van der Waals surface area (Å²) < 4.78 is 10.5. The molecule has 2 aromatic carbocycles. The van der Waals surface area contributed by atoms with E-state index in [-0.39, 0.29) is 12.3 Å². The van der Waals surface area contributed by atoms with Gasteiger partial charge in [-0.2, -0.15) is 0 Å². The van der Waals surface area contributed by atoms with Crippen LogP contribution in [-0.4, -0.2) is 37.7 Å². The maximum Gasteiger partial charge on any atom is 0.307 e. The summed E-state index contributed by atoms with van der Waals surface area (Å²) in [7, 11) is 3.15. The van der Waals surface area contributed by atoms with E-state index in [1.54, 1.807) is 14.2 Å². The molecule has 0 aliphatic carbocycles. The summed E-state index contributed by atoms with van der Waals surface area (Å²) in [5, 5.41) is 12.2. The molecule has 6 heteroatoms. The Kier molecular flexibility index (Phi) is 7.67. The van der Waals surface area contributed by atoms with Crippen LogP contribution in [0.5, 0.6) is 11.5 Å². The Morgan fingerprint density at radius 2 is 1.70 bits per heavy atom. The number of carboxylic acid groups (broad SMARTS) is 1. The average Bonchev–Trinajstić information content (AvgIpc) is 2.68. The molecular weight excluding hydrogens is 346 g/mol. The summed E-state index contributed by atoms with van der Waals surface area (Å²) in [4.78, 5) is 23.6. The molecule has 2 aromatic rings. The lowest BCUT2D eigenvalue weighted by Gasteiger charge is -2.13. The normalized spacial score (nSPS) is 11.5. The summed E-state index contributed by atoms with van der Waals surface area (Å²) in [6.45, 7) is 0.423. The van der Waals surface area contributed by atoms with Crippen molar-refractivity contribution < 1.29 is 24.2 Å². The van der Waals surface area contributed by atoms with Gasteiger partial charge in [0.05, 0.1) is 20.1 Å². The average molecular weight is 371 g/mol. The molecule has 0 aromatic heterocycles. The fourth-order valence-corrected chi connectivity index (χ4v) is 2.82. The number of ether oxygens (including phenoxy) is 2. The Labute approximate surface area is 159 Å². The second-order valence-corrected chi connectivity index (χ2v) is 6.22. The number of methoxy groups -OCH3 is 2. The van der Waals surface area contributed by atoms with E-state index < -0.39 is 11.9 Å². The fourth-order valence-electron chi connectivity index (χ4n) is 2.82. The Balaban J connectivity index is 1.84. The van der Waals surface area contributed by atoms with Crippen molar-refractivity contribution in [3.63, 3.8) is 0 Å². The van der Waals surface area contributed by atoms with Gasteiger partial charge >= 0.3 is 5.97 Å². The highest BCUT2D eigenvalue weighted by molar-refractivity contribution is 5.82. The number of aliphatic carboxylic acids is 1. The highest BCUT2D eigenvalue weighted by Crippen LogP contribution is 2.27. The molecule has 0 heterocycles. The van der Waals surface area contributed by atoms with E-state index in [0.717, 1.165) is 11.1 Å². The molecule has 6 nitrogen and oxygen atoms in total. The Morgan fingerprint density at radius 1 is 1.00 bits per heavy atom. The van der Waals surface area contributed by atoms with Gasteiger partial charge < -0.3 is 19.9 Å². The Morgan fingerprint density at radius 3 is 2.33 bits per heavy atom. The lowest BCUT2D eigenvalue weighted by atomic mass is 9.96. The largest absolute Gasteiger partial charge is 0.493 e. The molecule has 0 radical (unpaired) electrons. The van der Waals surface area contributed by atoms with Crippen molar-refractivity contribution in [2.45, 2.75) is 19.3 Å². The number of hydrogen-bond donors (Lipinski definition) is 2. The molecule has 27 heavy (non-hydrogen) atoms. The summed E-state index contributed by atoms with van der Waals surface area (Å²) in [5.74, 6) is -0.688.